The minimum Gasteiger partial charge on any atom is -0.478 e. The van der Waals surface area contributed by atoms with Gasteiger partial charge in [0, 0.05) is 51.2 Å². The molecule has 1 aliphatic rings. The molecule has 1 fully saturated rings. The first-order valence-corrected chi connectivity index (χ1v) is 10.4. The predicted molar refractivity (Wildman–Crippen MR) is 116 cm³/mol. The highest BCUT2D eigenvalue weighted by Gasteiger charge is 2.25. The maximum Gasteiger partial charge on any atom is 0.270 e. The lowest BCUT2D eigenvalue weighted by atomic mass is 10.1. The number of hydrogen-bond acceptors (Lipinski definition) is 5. The van der Waals surface area contributed by atoms with E-state index in [9.17, 15) is 4.79 Å². The summed E-state index contributed by atoms with van der Waals surface area (Å²) in [5.41, 5.74) is 2.02. The Labute approximate surface area is 176 Å². The van der Waals surface area contributed by atoms with Crippen LogP contribution in [0.3, 0.4) is 0 Å². The molecule has 0 saturated carbocycles. The zero-order chi connectivity index (χ0) is 20.8. The first-order valence-electron chi connectivity index (χ1n) is 10.4. The van der Waals surface area contributed by atoms with Gasteiger partial charge in [0.15, 0.2) is 0 Å². The molecule has 3 aromatic rings. The summed E-state index contributed by atoms with van der Waals surface area (Å²) in [6.07, 6.45) is 4.60. The van der Waals surface area contributed by atoms with Crippen molar-refractivity contribution in [2.24, 2.45) is 0 Å². The number of aromatic nitrogens is 3. The summed E-state index contributed by atoms with van der Waals surface area (Å²) >= 11 is 0. The van der Waals surface area contributed by atoms with Crippen LogP contribution in [0.25, 0.3) is 0 Å². The molecule has 0 unspecified atom stereocenters. The number of anilines is 1. The molecule has 156 valence electrons. The van der Waals surface area contributed by atoms with Gasteiger partial charge in [-0.25, -0.2) is 4.98 Å². The van der Waals surface area contributed by atoms with E-state index in [1.807, 2.05) is 48.4 Å². The van der Waals surface area contributed by atoms with Gasteiger partial charge in [0.1, 0.15) is 5.69 Å². The van der Waals surface area contributed by atoms with Crippen molar-refractivity contribution in [2.45, 2.75) is 19.9 Å². The van der Waals surface area contributed by atoms with Gasteiger partial charge < -0.3 is 19.1 Å². The van der Waals surface area contributed by atoms with Crippen LogP contribution in [0.4, 0.5) is 5.95 Å². The summed E-state index contributed by atoms with van der Waals surface area (Å²) in [5, 5.41) is 0. The number of rotatable bonds is 7. The number of benzene rings is 1. The SMILES string of the molecule is CCOc1ccnc(N2CCN(C(=O)c3cccn3CCc3ccccc3)CC2)n1. The average Bonchev–Trinajstić information content (AvgIpc) is 3.27. The topological polar surface area (TPSA) is 63.5 Å². The van der Waals surface area contributed by atoms with E-state index in [1.54, 1.807) is 12.3 Å². The van der Waals surface area contributed by atoms with Crippen LogP contribution in [0, 0.1) is 0 Å². The van der Waals surface area contributed by atoms with Crippen LogP contribution in [-0.2, 0) is 13.0 Å². The van der Waals surface area contributed by atoms with Crippen LogP contribution in [0.2, 0.25) is 0 Å². The molecule has 1 aromatic carbocycles. The summed E-state index contributed by atoms with van der Waals surface area (Å²) in [5.74, 6) is 1.31. The molecule has 30 heavy (non-hydrogen) atoms. The molecule has 3 heterocycles. The van der Waals surface area contributed by atoms with E-state index >= 15 is 0 Å². The normalized spacial score (nSPS) is 14.0. The highest BCUT2D eigenvalue weighted by atomic mass is 16.5. The fourth-order valence-corrected chi connectivity index (χ4v) is 3.68. The molecular formula is C23H27N5O2. The number of nitrogens with zero attached hydrogens (tertiary/aromatic N) is 5. The summed E-state index contributed by atoms with van der Waals surface area (Å²) in [7, 11) is 0. The molecule has 1 saturated heterocycles. The lowest BCUT2D eigenvalue weighted by molar-refractivity contribution is 0.0735. The standard InChI is InChI=1S/C23H27N5O2/c1-2-30-21-10-12-24-23(25-21)28-17-15-27(16-18-28)22(29)20-9-6-13-26(20)14-11-19-7-4-3-5-8-19/h3-10,12-13H,2,11,14-18H2,1H3. The average molecular weight is 406 g/mol. The van der Waals surface area contributed by atoms with Crippen LogP contribution in [0.5, 0.6) is 5.88 Å². The summed E-state index contributed by atoms with van der Waals surface area (Å²) < 4.78 is 7.52. The molecule has 0 atom stereocenters. The highest BCUT2D eigenvalue weighted by Crippen LogP contribution is 2.17. The van der Waals surface area contributed by atoms with E-state index in [0.29, 0.717) is 44.6 Å². The second kappa shape index (κ2) is 9.43. The monoisotopic (exact) mass is 405 g/mol. The van der Waals surface area contributed by atoms with Crippen molar-refractivity contribution in [3.63, 3.8) is 0 Å². The van der Waals surface area contributed by atoms with Crippen LogP contribution >= 0.6 is 0 Å². The zero-order valence-electron chi connectivity index (χ0n) is 17.3. The molecule has 7 heteroatoms. The fourth-order valence-electron chi connectivity index (χ4n) is 3.68. The van der Waals surface area contributed by atoms with Gasteiger partial charge in [0.25, 0.3) is 5.91 Å². The van der Waals surface area contributed by atoms with Crippen molar-refractivity contribution in [3.8, 4) is 5.88 Å². The molecule has 0 spiro atoms. The van der Waals surface area contributed by atoms with Gasteiger partial charge in [0.2, 0.25) is 11.8 Å². The number of carbonyl (C=O) groups excluding carboxylic acids is 1. The first kappa shape index (κ1) is 19.9. The summed E-state index contributed by atoms with van der Waals surface area (Å²) in [6, 6.07) is 16.0. The van der Waals surface area contributed by atoms with Gasteiger partial charge in [-0.3, -0.25) is 4.79 Å². The Hall–Kier alpha value is -3.35. The smallest absolute Gasteiger partial charge is 0.270 e. The van der Waals surface area contributed by atoms with Crippen LogP contribution in [0.1, 0.15) is 23.0 Å². The number of hydrogen-bond donors (Lipinski definition) is 0. The number of aryl methyl sites for hydroxylation is 2. The second-order valence-corrected chi connectivity index (χ2v) is 7.23. The van der Waals surface area contributed by atoms with Gasteiger partial charge in [-0.15, -0.1) is 0 Å². The molecule has 0 radical (unpaired) electrons. The molecule has 0 N–H and O–H groups in total. The molecule has 1 amide bonds. The van der Waals surface area contributed by atoms with E-state index in [4.69, 9.17) is 4.74 Å². The zero-order valence-corrected chi connectivity index (χ0v) is 17.3. The van der Waals surface area contributed by atoms with Crippen molar-refractivity contribution < 1.29 is 9.53 Å². The van der Waals surface area contributed by atoms with E-state index < -0.39 is 0 Å². The maximum absolute atomic E-state index is 13.1. The molecule has 2 aromatic heterocycles. The minimum absolute atomic E-state index is 0.0803. The van der Waals surface area contributed by atoms with Crippen molar-refractivity contribution in [2.75, 3.05) is 37.7 Å². The third kappa shape index (κ3) is 4.62. The number of piperazine rings is 1. The minimum atomic E-state index is 0.0803. The van der Waals surface area contributed by atoms with Gasteiger partial charge in [-0.05, 0) is 31.0 Å². The highest BCUT2D eigenvalue weighted by molar-refractivity contribution is 5.93. The Morgan fingerprint density at radius 2 is 1.83 bits per heavy atom. The van der Waals surface area contributed by atoms with Crippen molar-refractivity contribution in [1.82, 2.24) is 19.4 Å². The van der Waals surface area contributed by atoms with Gasteiger partial charge in [-0.2, -0.15) is 4.98 Å². The second-order valence-electron chi connectivity index (χ2n) is 7.23. The Morgan fingerprint density at radius 1 is 1.03 bits per heavy atom. The molecule has 0 bridgehead atoms. The predicted octanol–water partition coefficient (Wildman–Crippen LogP) is 2.88. The van der Waals surface area contributed by atoms with E-state index in [0.717, 1.165) is 18.7 Å². The molecule has 7 nitrogen and oxygen atoms in total. The van der Waals surface area contributed by atoms with Crippen molar-refractivity contribution in [1.29, 1.82) is 0 Å². The number of carbonyl (C=O) groups is 1. The van der Waals surface area contributed by atoms with E-state index in [1.165, 1.54) is 5.56 Å². The van der Waals surface area contributed by atoms with Gasteiger partial charge in [0.05, 0.1) is 6.61 Å². The largest absolute Gasteiger partial charge is 0.478 e. The molecule has 1 aliphatic heterocycles. The fraction of sp³-hybridized carbons (Fsp3) is 0.348. The Balaban J connectivity index is 1.36. The molecule has 4 rings (SSSR count). The Bertz CT molecular complexity index is 964. The van der Waals surface area contributed by atoms with Crippen LogP contribution in [-0.4, -0.2) is 58.1 Å². The summed E-state index contributed by atoms with van der Waals surface area (Å²) in [4.78, 5) is 25.9. The van der Waals surface area contributed by atoms with Crippen molar-refractivity contribution in [3.05, 3.63) is 72.2 Å². The quantitative estimate of drug-likeness (QED) is 0.605. The van der Waals surface area contributed by atoms with Gasteiger partial charge in [-0.1, -0.05) is 30.3 Å². The summed E-state index contributed by atoms with van der Waals surface area (Å²) in [6.45, 7) is 5.98. The first-order chi connectivity index (χ1) is 14.7. The number of amides is 1. The van der Waals surface area contributed by atoms with Crippen molar-refractivity contribution >= 4 is 11.9 Å². The number of ether oxygens (including phenoxy) is 1. The maximum atomic E-state index is 13.1. The van der Waals surface area contributed by atoms with Crippen LogP contribution in [0.15, 0.2) is 60.9 Å². The van der Waals surface area contributed by atoms with Gasteiger partial charge >= 0.3 is 0 Å². The molecular weight excluding hydrogens is 378 g/mol. The lowest BCUT2D eigenvalue weighted by Crippen LogP contribution is -2.49. The third-order valence-electron chi connectivity index (χ3n) is 5.29. The third-order valence-corrected chi connectivity index (χ3v) is 5.29. The van der Waals surface area contributed by atoms with E-state index in [-0.39, 0.29) is 5.91 Å². The van der Waals surface area contributed by atoms with E-state index in [2.05, 4.69) is 31.6 Å². The Morgan fingerprint density at radius 3 is 2.60 bits per heavy atom. The Kier molecular flexibility index (Phi) is 6.27. The molecule has 0 aliphatic carbocycles. The lowest BCUT2D eigenvalue weighted by Gasteiger charge is -2.34. The van der Waals surface area contributed by atoms with Crippen LogP contribution < -0.4 is 9.64 Å².